The molecule has 7 heteroatoms. The molecule has 0 amide bonds. The van der Waals surface area contributed by atoms with Gasteiger partial charge in [0.15, 0.2) is 6.23 Å². The maximum absolute atomic E-state index is 14.0. The quantitative estimate of drug-likeness (QED) is 0.259. The van der Waals surface area contributed by atoms with Crippen LogP contribution in [0.2, 0.25) is 0 Å². The minimum atomic E-state index is -0.691. The van der Waals surface area contributed by atoms with Crippen molar-refractivity contribution in [3.63, 3.8) is 0 Å². The molecule has 2 unspecified atom stereocenters. The molecule has 0 spiro atoms. The van der Waals surface area contributed by atoms with E-state index in [1.165, 1.54) is 18.2 Å². The van der Waals surface area contributed by atoms with Gasteiger partial charge in [-0.05, 0) is 56.0 Å². The smallest absolute Gasteiger partial charge is 0.338 e. The van der Waals surface area contributed by atoms with Crippen molar-refractivity contribution in [2.45, 2.75) is 45.4 Å². The predicted octanol–water partition coefficient (Wildman–Crippen LogP) is 5.76. The molecule has 0 aliphatic carbocycles. The van der Waals surface area contributed by atoms with E-state index < -0.39 is 24.1 Å². The average Bonchev–Trinajstić information content (AvgIpc) is 3.31. The van der Waals surface area contributed by atoms with Crippen molar-refractivity contribution in [3.05, 3.63) is 130 Å². The third-order valence-electron chi connectivity index (χ3n) is 8.72. The first-order valence-corrected chi connectivity index (χ1v) is 15.4. The number of nitrogens with one attached hydrogen (secondary N) is 1. The van der Waals surface area contributed by atoms with Crippen LogP contribution in [-0.4, -0.2) is 61.3 Å². The molecule has 232 valence electrons. The summed E-state index contributed by atoms with van der Waals surface area (Å²) >= 11 is 0. The monoisotopic (exact) mass is 603 g/mol. The Morgan fingerprint density at radius 1 is 0.822 bits per heavy atom. The van der Waals surface area contributed by atoms with E-state index in [-0.39, 0.29) is 6.04 Å². The number of methoxy groups -OCH3 is 1. The first kappa shape index (κ1) is 31.8. The molecule has 1 N–H and O–H groups in total. The van der Waals surface area contributed by atoms with Crippen molar-refractivity contribution in [1.29, 1.82) is 0 Å². The van der Waals surface area contributed by atoms with Gasteiger partial charge in [-0.3, -0.25) is 9.80 Å². The SMILES string of the molecule is C#Cc1cccc(C2C(C(=O)OC)=C(C)NC(C)=C2C(=O)OC(C)N2CCCN(C(c3ccccc3)c3ccccc3)CC2)c1. The summed E-state index contributed by atoms with van der Waals surface area (Å²) in [7, 11) is 1.34. The minimum absolute atomic E-state index is 0.137. The van der Waals surface area contributed by atoms with Crippen LogP contribution in [0.4, 0.5) is 0 Å². The number of nitrogens with zero attached hydrogens (tertiary/aromatic N) is 2. The highest BCUT2D eigenvalue weighted by Gasteiger charge is 2.39. The standard InChI is InChI=1S/C38H41N3O4/c1-6-29-15-13-20-32(25-29)35-33(37(42)44-5)26(2)39-27(3)34(35)38(43)45-28(4)40-21-14-22-41(24-23-40)36(30-16-9-7-10-17-30)31-18-11-8-12-19-31/h1,7-13,15-20,25,28,35-36,39H,14,21-24H2,2-5H3. The third kappa shape index (κ3) is 7.04. The van der Waals surface area contributed by atoms with Crippen LogP contribution in [0.1, 0.15) is 61.4 Å². The van der Waals surface area contributed by atoms with Crippen LogP contribution in [0, 0.1) is 12.3 Å². The second kappa shape index (κ2) is 14.4. The summed E-state index contributed by atoms with van der Waals surface area (Å²) in [5.74, 6) is 0.968. The molecule has 45 heavy (non-hydrogen) atoms. The van der Waals surface area contributed by atoms with Crippen LogP contribution in [0.5, 0.6) is 0 Å². The predicted molar refractivity (Wildman–Crippen MR) is 176 cm³/mol. The van der Waals surface area contributed by atoms with Gasteiger partial charge >= 0.3 is 11.9 Å². The number of ether oxygens (including phenoxy) is 2. The molecule has 1 saturated heterocycles. The summed E-state index contributed by atoms with van der Waals surface area (Å²) in [6, 6.07) is 28.7. The van der Waals surface area contributed by atoms with Gasteiger partial charge in [0.1, 0.15) is 0 Å². The van der Waals surface area contributed by atoms with E-state index >= 15 is 0 Å². The summed E-state index contributed by atoms with van der Waals surface area (Å²) in [4.78, 5) is 31.8. The molecule has 2 aliphatic rings. The van der Waals surface area contributed by atoms with Crippen molar-refractivity contribution >= 4 is 11.9 Å². The van der Waals surface area contributed by atoms with Gasteiger partial charge < -0.3 is 14.8 Å². The van der Waals surface area contributed by atoms with Gasteiger partial charge in [0.2, 0.25) is 0 Å². The number of carbonyl (C=O) groups excluding carboxylic acids is 2. The summed E-state index contributed by atoms with van der Waals surface area (Å²) in [6.45, 7) is 8.81. The molecular weight excluding hydrogens is 562 g/mol. The second-order valence-electron chi connectivity index (χ2n) is 11.6. The maximum atomic E-state index is 14.0. The first-order chi connectivity index (χ1) is 21.8. The molecule has 2 atom stereocenters. The zero-order chi connectivity index (χ0) is 31.9. The number of hydrogen-bond acceptors (Lipinski definition) is 7. The van der Waals surface area contributed by atoms with E-state index in [1.54, 1.807) is 6.92 Å². The minimum Gasteiger partial charge on any atom is -0.466 e. The molecule has 0 saturated carbocycles. The fourth-order valence-electron chi connectivity index (χ4n) is 6.54. The van der Waals surface area contributed by atoms with E-state index in [0.29, 0.717) is 28.1 Å². The zero-order valence-corrected chi connectivity index (χ0v) is 26.5. The van der Waals surface area contributed by atoms with Crippen molar-refractivity contribution in [2.24, 2.45) is 0 Å². The van der Waals surface area contributed by atoms with Gasteiger partial charge in [0.05, 0.1) is 30.2 Å². The van der Waals surface area contributed by atoms with E-state index in [1.807, 2.05) is 50.2 Å². The Kier molecular flexibility index (Phi) is 10.2. The average molecular weight is 604 g/mol. The first-order valence-electron chi connectivity index (χ1n) is 15.4. The van der Waals surface area contributed by atoms with E-state index in [0.717, 1.165) is 38.2 Å². The molecule has 2 heterocycles. The van der Waals surface area contributed by atoms with Gasteiger partial charge in [0.25, 0.3) is 0 Å². The van der Waals surface area contributed by atoms with Crippen LogP contribution in [-0.2, 0) is 19.1 Å². The van der Waals surface area contributed by atoms with Crippen LogP contribution < -0.4 is 5.32 Å². The molecule has 2 aliphatic heterocycles. The Hall–Kier alpha value is -4.64. The molecule has 1 fully saturated rings. The highest BCUT2D eigenvalue weighted by molar-refractivity contribution is 6.00. The number of allylic oxidation sites excluding steroid dienone is 2. The number of terminal acetylenes is 1. The van der Waals surface area contributed by atoms with E-state index in [9.17, 15) is 9.59 Å². The second-order valence-corrected chi connectivity index (χ2v) is 11.6. The van der Waals surface area contributed by atoms with Crippen LogP contribution in [0.25, 0.3) is 0 Å². The van der Waals surface area contributed by atoms with Crippen LogP contribution in [0.3, 0.4) is 0 Å². The molecular formula is C38H41N3O4. The Morgan fingerprint density at radius 2 is 1.40 bits per heavy atom. The highest BCUT2D eigenvalue weighted by atomic mass is 16.6. The summed E-state index contributed by atoms with van der Waals surface area (Å²) in [6.07, 6.45) is 6.15. The lowest BCUT2D eigenvalue weighted by Gasteiger charge is -2.33. The summed E-state index contributed by atoms with van der Waals surface area (Å²) < 4.78 is 11.3. The van der Waals surface area contributed by atoms with Gasteiger partial charge in [-0.15, -0.1) is 6.42 Å². The lowest BCUT2D eigenvalue weighted by atomic mass is 9.80. The van der Waals surface area contributed by atoms with Crippen LogP contribution >= 0.6 is 0 Å². The van der Waals surface area contributed by atoms with Crippen LogP contribution in [0.15, 0.2) is 107 Å². The lowest BCUT2D eigenvalue weighted by molar-refractivity contribution is -0.153. The normalized spacial score (nSPS) is 18.5. The zero-order valence-electron chi connectivity index (χ0n) is 26.5. The Balaban J connectivity index is 1.36. The number of benzene rings is 3. The van der Waals surface area contributed by atoms with E-state index in [2.05, 4.69) is 69.6 Å². The fourth-order valence-corrected chi connectivity index (χ4v) is 6.54. The fraction of sp³-hybridized carbons (Fsp3) is 0.316. The number of hydrogen-bond donors (Lipinski definition) is 1. The number of carbonyl (C=O) groups is 2. The number of dihydropyridines is 1. The maximum Gasteiger partial charge on any atom is 0.338 e. The highest BCUT2D eigenvalue weighted by Crippen LogP contribution is 2.40. The number of esters is 2. The Bertz CT molecular complexity index is 1580. The van der Waals surface area contributed by atoms with Crippen molar-refractivity contribution in [3.8, 4) is 12.3 Å². The molecule has 5 rings (SSSR count). The summed E-state index contributed by atoms with van der Waals surface area (Å²) in [5, 5.41) is 3.21. The van der Waals surface area contributed by atoms with Crippen molar-refractivity contribution in [2.75, 3.05) is 33.3 Å². The van der Waals surface area contributed by atoms with Crippen molar-refractivity contribution in [1.82, 2.24) is 15.1 Å². The van der Waals surface area contributed by atoms with Gasteiger partial charge in [-0.1, -0.05) is 78.7 Å². The third-order valence-corrected chi connectivity index (χ3v) is 8.72. The summed E-state index contributed by atoms with van der Waals surface area (Å²) in [5.41, 5.74) is 5.88. The number of rotatable bonds is 8. The Labute approximate surface area is 266 Å². The van der Waals surface area contributed by atoms with Crippen molar-refractivity contribution < 1.29 is 19.1 Å². The molecule has 0 radical (unpaired) electrons. The molecule has 0 aromatic heterocycles. The van der Waals surface area contributed by atoms with Gasteiger partial charge in [-0.25, -0.2) is 9.59 Å². The lowest BCUT2D eigenvalue weighted by Crippen LogP contribution is -2.41. The van der Waals surface area contributed by atoms with Gasteiger partial charge in [0, 0.05) is 43.1 Å². The molecule has 3 aromatic rings. The van der Waals surface area contributed by atoms with Gasteiger partial charge in [-0.2, -0.15) is 0 Å². The molecule has 3 aromatic carbocycles. The largest absolute Gasteiger partial charge is 0.466 e. The Morgan fingerprint density at radius 3 is 2.00 bits per heavy atom. The topological polar surface area (TPSA) is 71.1 Å². The molecule has 7 nitrogen and oxygen atoms in total. The molecule has 0 bridgehead atoms. The van der Waals surface area contributed by atoms with E-state index in [4.69, 9.17) is 15.9 Å².